The van der Waals surface area contributed by atoms with E-state index in [0.717, 1.165) is 33.5 Å². The van der Waals surface area contributed by atoms with Crippen LogP contribution in [0.2, 0.25) is 0 Å². The molecular formula is C36H22N4. The Bertz CT molecular complexity index is 2430. The molecule has 9 rings (SSSR count). The average Bonchev–Trinajstić information content (AvgIpc) is 3.58. The first kappa shape index (κ1) is 21.5. The average molecular weight is 511 g/mol. The molecule has 0 atom stereocenters. The molecule has 186 valence electrons. The second-order valence-corrected chi connectivity index (χ2v) is 10.3. The number of hydrogen-bond acceptors (Lipinski definition) is 2. The minimum atomic E-state index is 0.993. The van der Waals surface area contributed by atoms with E-state index in [1.54, 1.807) is 0 Å². The van der Waals surface area contributed by atoms with Crippen LogP contribution in [0.15, 0.2) is 134 Å². The van der Waals surface area contributed by atoms with Crippen LogP contribution in [-0.2, 0) is 0 Å². The molecule has 0 amide bonds. The molecule has 0 aliphatic carbocycles. The molecule has 4 heterocycles. The van der Waals surface area contributed by atoms with Crippen molar-refractivity contribution in [3.05, 3.63) is 134 Å². The van der Waals surface area contributed by atoms with Crippen LogP contribution in [0, 0.1) is 0 Å². The summed E-state index contributed by atoms with van der Waals surface area (Å²) in [5, 5.41) is 6.08. The molecule has 0 saturated carbocycles. The number of fused-ring (bicyclic) bond motifs is 12. The standard InChI is InChI=1S/C36H22N4/c1-4-15-30-26(12-1)27-18-19-33-34(35(27)36-38-29-14-3-6-17-32(29)40(30)36)28-13-2-5-16-31(28)39(33)25-11-7-9-23(21-25)24-10-8-20-37-22-24/h1-22H. The van der Waals surface area contributed by atoms with E-state index in [1.807, 2.05) is 18.5 Å². The molecule has 4 nitrogen and oxygen atoms in total. The molecule has 0 fully saturated rings. The van der Waals surface area contributed by atoms with Gasteiger partial charge >= 0.3 is 0 Å². The van der Waals surface area contributed by atoms with Crippen molar-refractivity contribution < 1.29 is 0 Å². The maximum atomic E-state index is 5.23. The number of pyridine rings is 2. The molecule has 0 bridgehead atoms. The molecule has 4 heteroatoms. The van der Waals surface area contributed by atoms with Crippen LogP contribution in [0.4, 0.5) is 0 Å². The third-order valence-electron chi connectivity index (χ3n) is 8.16. The van der Waals surface area contributed by atoms with Crippen molar-refractivity contribution in [3.8, 4) is 16.8 Å². The monoisotopic (exact) mass is 510 g/mol. The Morgan fingerprint density at radius 2 is 1.27 bits per heavy atom. The van der Waals surface area contributed by atoms with Gasteiger partial charge in [0.15, 0.2) is 0 Å². The predicted molar refractivity (Wildman–Crippen MR) is 165 cm³/mol. The molecule has 40 heavy (non-hydrogen) atoms. The lowest BCUT2D eigenvalue weighted by Gasteiger charge is -2.12. The van der Waals surface area contributed by atoms with Gasteiger partial charge in [0, 0.05) is 45.2 Å². The van der Waals surface area contributed by atoms with Crippen molar-refractivity contribution in [3.63, 3.8) is 0 Å². The Morgan fingerprint density at radius 3 is 2.15 bits per heavy atom. The second-order valence-electron chi connectivity index (χ2n) is 10.3. The molecule has 4 aromatic heterocycles. The Labute approximate surface area is 229 Å². The van der Waals surface area contributed by atoms with Gasteiger partial charge < -0.3 is 4.57 Å². The van der Waals surface area contributed by atoms with E-state index in [2.05, 4.69) is 129 Å². The fraction of sp³-hybridized carbons (Fsp3) is 0. The van der Waals surface area contributed by atoms with E-state index >= 15 is 0 Å². The van der Waals surface area contributed by atoms with Gasteiger partial charge in [-0.1, -0.05) is 72.8 Å². The number of hydrogen-bond donors (Lipinski definition) is 0. The second kappa shape index (κ2) is 8.01. The highest BCUT2D eigenvalue weighted by Crippen LogP contribution is 2.42. The van der Waals surface area contributed by atoms with Crippen LogP contribution < -0.4 is 0 Å². The number of rotatable bonds is 2. The largest absolute Gasteiger partial charge is 0.309 e. The fourth-order valence-corrected chi connectivity index (χ4v) is 6.49. The Balaban J connectivity index is 1.49. The zero-order valence-electron chi connectivity index (χ0n) is 21.5. The summed E-state index contributed by atoms with van der Waals surface area (Å²) in [7, 11) is 0. The number of nitrogens with zero attached hydrogens (tertiary/aromatic N) is 4. The third kappa shape index (κ3) is 2.85. The summed E-state index contributed by atoms with van der Waals surface area (Å²) in [6.45, 7) is 0. The van der Waals surface area contributed by atoms with Crippen molar-refractivity contribution in [2.24, 2.45) is 0 Å². The van der Waals surface area contributed by atoms with Crippen LogP contribution in [0.3, 0.4) is 0 Å². The van der Waals surface area contributed by atoms with Crippen molar-refractivity contribution >= 4 is 60.2 Å². The highest BCUT2D eigenvalue weighted by atomic mass is 15.0. The first-order valence-electron chi connectivity index (χ1n) is 13.5. The molecule has 0 unspecified atom stereocenters. The maximum absolute atomic E-state index is 5.23. The van der Waals surface area contributed by atoms with Gasteiger partial charge in [-0.2, -0.15) is 0 Å². The van der Waals surface area contributed by atoms with E-state index < -0.39 is 0 Å². The van der Waals surface area contributed by atoms with Crippen molar-refractivity contribution in [2.75, 3.05) is 0 Å². The summed E-state index contributed by atoms with van der Waals surface area (Å²) in [6.07, 6.45) is 3.73. The van der Waals surface area contributed by atoms with E-state index in [4.69, 9.17) is 4.98 Å². The lowest BCUT2D eigenvalue weighted by Crippen LogP contribution is -1.95. The summed E-state index contributed by atoms with van der Waals surface area (Å²) >= 11 is 0. The van der Waals surface area contributed by atoms with Crippen LogP contribution in [0.5, 0.6) is 0 Å². The van der Waals surface area contributed by atoms with Crippen molar-refractivity contribution in [1.29, 1.82) is 0 Å². The maximum Gasteiger partial charge on any atom is 0.147 e. The van der Waals surface area contributed by atoms with Crippen LogP contribution >= 0.6 is 0 Å². The smallest absolute Gasteiger partial charge is 0.147 e. The van der Waals surface area contributed by atoms with Crippen LogP contribution in [0.25, 0.3) is 77.0 Å². The van der Waals surface area contributed by atoms with Crippen LogP contribution in [0.1, 0.15) is 0 Å². The molecule has 0 saturated heterocycles. The summed E-state index contributed by atoms with van der Waals surface area (Å²) in [6, 6.07) is 43.2. The first-order chi connectivity index (χ1) is 19.9. The normalized spacial score (nSPS) is 12.0. The van der Waals surface area contributed by atoms with Gasteiger partial charge in [0.1, 0.15) is 5.65 Å². The van der Waals surface area contributed by atoms with Gasteiger partial charge in [-0.25, -0.2) is 4.98 Å². The summed E-state index contributed by atoms with van der Waals surface area (Å²) < 4.78 is 4.72. The Morgan fingerprint density at radius 1 is 0.500 bits per heavy atom. The highest BCUT2D eigenvalue weighted by molar-refractivity contribution is 6.29. The minimum Gasteiger partial charge on any atom is -0.309 e. The van der Waals surface area contributed by atoms with Crippen LogP contribution in [-0.4, -0.2) is 18.9 Å². The summed E-state index contributed by atoms with van der Waals surface area (Å²) in [5.74, 6) is 0. The molecular weight excluding hydrogens is 488 g/mol. The first-order valence-corrected chi connectivity index (χ1v) is 13.5. The zero-order chi connectivity index (χ0) is 26.2. The van der Waals surface area contributed by atoms with E-state index in [9.17, 15) is 0 Å². The lowest BCUT2D eigenvalue weighted by atomic mass is 10.0. The summed E-state index contributed by atoms with van der Waals surface area (Å²) in [5.41, 5.74) is 10.0. The number of para-hydroxylation sites is 4. The molecule has 0 spiro atoms. The Hall–Kier alpha value is -5.48. The molecule has 0 radical (unpaired) electrons. The molecule has 0 aliphatic rings. The lowest BCUT2D eigenvalue weighted by molar-refractivity contribution is 1.18. The predicted octanol–water partition coefficient (Wildman–Crippen LogP) is 8.95. The third-order valence-corrected chi connectivity index (χ3v) is 8.16. The quantitative estimate of drug-likeness (QED) is 0.218. The molecule has 5 aromatic carbocycles. The Kier molecular flexibility index (Phi) is 4.30. The van der Waals surface area contributed by atoms with Gasteiger partial charge in [-0.05, 0) is 59.5 Å². The van der Waals surface area contributed by atoms with E-state index in [1.165, 1.54) is 43.5 Å². The molecule has 0 aliphatic heterocycles. The van der Waals surface area contributed by atoms with Gasteiger partial charge in [0.2, 0.25) is 0 Å². The summed E-state index contributed by atoms with van der Waals surface area (Å²) in [4.78, 5) is 9.58. The SMILES string of the molecule is c1cncc(-c2cccc(-n3c4ccccc4c4c5c(ccc43)c3ccccc3n3c4ccccc4nc53)c2)c1. The van der Waals surface area contributed by atoms with Crippen molar-refractivity contribution in [1.82, 2.24) is 18.9 Å². The van der Waals surface area contributed by atoms with Crippen molar-refractivity contribution in [2.45, 2.75) is 0 Å². The number of imidazole rings is 1. The molecule has 0 N–H and O–H groups in total. The van der Waals surface area contributed by atoms with Gasteiger partial charge in [-0.3, -0.25) is 9.38 Å². The van der Waals surface area contributed by atoms with E-state index in [0.29, 0.717) is 0 Å². The molecule has 9 aromatic rings. The van der Waals surface area contributed by atoms with Gasteiger partial charge in [0.25, 0.3) is 0 Å². The number of benzene rings is 5. The zero-order valence-corrected chi connectivity index (χ0v) is 21.5. The van der Waals surface area contributed by atoms with Gasteiger partial charge in [-0.15, -0.1) is 0 Å². The topological polar surface area (TPSA) is 35.1 Å². The number of aromatic nitrogens is 4. The van der Waals surface area contributed by atoms with E-state index in [-0.39, 0.29) is 0 Å². The fourth-order valence-electron chi connectivity index (χ4n) is 6.49. The minimum absolute atomic E-state index is 0.993. The highest BCUT2D eigenvalue weighted by Gasteiger charge is 2.20. The van der Waals surface area contributed by atoms with Gasteiger partial charge in [0.05, 0.1) is 27.6 Å².